The van der Waals surface area contributed by atoms with Gasteiger partial charge in [0.1, 0.15) is 19.0 Å². The number of aliphatic imine (C=N–C) groups is 1. The number of ether oxygens (including phenoxy) is 3. The van der Waals surface area contributed by atoms with E-state index in [1.807, 2.05) is 48.3 Å². The van der Waals surface area contributed by atoms with E-state index in [1.54, 1.807) is 20.4 Å². The molecule has 1 aromatic heterocycles. The first-order chi connectivity index (χ1) is 13.6. The van der Waals surface area contributed by atoms with E-state index in [-0.39, 0.29) is 0 Å². The van der Waals surface area contributed by atoms with Crippen LogP contribution in [0.1, 0.15) is 5.56 Å². The summed E-state index contributed by atoms with van der Waals surface area (Å²) in [5.41, 5.74) is 1.03. The molecule has 28 heavy (non-hydrogen) atoms. The molecule has 0 fully saturated rings. The van der Waals surface area contributed by atoms with Crippen LogP contribution in [0.3, 0.4) is 0 Å². The fourth-order valence-corrected chi connectivity index (χ4v) is 2.46. The van der Waals surface area contributed by atoms with Gasteiger partial charge in [-0.1, -0.05) is 17.7 Å². The van der Waals surface area contributed by atoms with Crippen LogP contribution in [0.4, 0.5) is 0 Å². The number of aromatic nitrogens is 1. The van der Waals surface area contributed by atoms with Gasteiger partial charge in [0.25, 0.3) is 0 Å². The van der Waals surface area contributed by atoms with E-state index >= 15 is 0 Å². The van der Waals surface area contributed by atoms with Gasteiger partial charge in [-0.25, -0.2) is 4.98 Å². The highest BCUT2D eigenvalue weighted by Gasteiger charge is 2.06. The van der Waals surface area contributed by atoms with E-state index in [2.05, 4.69) is 15.3 Å². The average molecular weight is 407 g/mol. The van der Waals surface area contributed by atoms with E-state index in [0.717, 1.165) is 17.3 Å². The van der Waals surface area contributed by atoms with Crippen LogP contribution in [0, 0.1) is 0 Å². The molecular formula is C20H27ClN4O3. The Morgan fingerprint density at radius 2 is 1.89 bits per heavy atom. The van der Waals surface area contributed by atoms with Gasteiger partial charge in [-0.05, 0) is 29.8 Å². The van der Waals surface area contributed by atoms with Gasteiger partial charge >= 0.3 is 0 Å². The van der Waals surface area contributed by atoms with E-state index in [9.17, 15) is 0 Å². The molecule has 0 spiro atoms. The second-order valence-corrected chi connectivity index (χ2v) is 6.41. The van der Waals surface area contributed by atoms with Crippen molar-refractivity contribution in [2.75, 3.05) is 47.6 Å². The molecule has 0 atom stereocenters. The van der Waals surface area contributed by atoms with Crippen molar-refractivity contribution >= 4 is 17.6 Å². The average Bonchev–Trinajstić information content (AvgIpc) is 2.71. The van der Waals surface area contributed by atoms with Crippen LogP contribution in [-0.4, -0.2) is 63.4 Å². The Bertz CT molecular complexity index is 723. The van der Waals surface area contributed by atoms with Gasteiger partial charge in [-0.3, -0.25) is 4.99 Å². The lowest BCUT2D eigenvalue weighted by atomic mass is 10.3. The van der Waals surface area contributed by atoms with Crippen molar-refractivity contribution in [3.8, 4) is 11.6 Å². The van der Waals surface area contributed by atoms with Crippen molar-refractivity contribution in [2.24, 2.45) is 4.99 Å². The summed E-state index contributed by atoms with van der Waals surface area (Å²) in [6.45, 7) is 2.85. The largest absolute Gasteiger partial charge is 0.492 e. The summed E-state index contributed by atoms with van der Waals surface area (Å²) in [5.74, 6) is 2.15. The molecule has 0 bridgehead atoms. The standard InChI is InChI=1S/C20H27ClN4O3/c1-22-20(25(2)10-11-27-18-7-5-17(21)6-8-18)24-15-16-4-9-19(23-14-16)28-13-12-26-3/h4-9,14H,10-13,15H2,1-3H3,(H,22,24). The summed E-state index contributed by atoms with van der Waals surface area (Å²) in [7, 11) is 5.36. The highest BCUT2D eigenvalue weighted by atomic mass is 35.5. The maximum absolute atomic E-state index is 5.87. The monoisotopic (exact) mass is 406 g/mol. The first-order valence-corrected chi connectivity index (χ1v) is 9.37. The first kappa shape index (κ1) is 21.8. The van der Waals surface area contributed by atoms with Crippen LogP contribution < -0.4 is 14.8 Å². The molecule has 1 aromatic carbocycles. The lowest BCUT2D eigenvalue weighted by molar-refractivity contribution is 0.143. The summed E-state index contributed by atoms with van der Waals surface area (Å²) in [5, 5.41) is 4.01. The Morgan fingerprint density at radius 3 is 2.54 bits per heavy atom. The number of rotatable bonds is 10. The lowest BCUT2D eigenvalue weighted by Gasteiger charge is -2.22. The zero-order valence-corrected chi connectivity index (χ0v) is 17.3. The third-order valence-corrected chi connectivity index (χ3v) is 4.12. The number of nitrogens with zero attached hydrogens (tertiary/aromatic N) is 3. The number of guanidine groups is 1. The summed E-state index contributed by atoms with van der Waals surface area (Å²) in [6.07, 6.45) is 1.78. The quantitative estimate of drug-likeness (QED) is 0.372. The number of hydrogen-bond acceptors (Lipinski definition) is 5. The second kappa shape index (κ2) is 12.0. The minimum atomic E-state index is 0.483. The smallest absolute Gasteiger partial charge is 0.213 e. The van der Waals surface area contributed by atoms with Gasteiger partial charge in [-0.15, -0.1) is 0 Å². The molecule has 0 amide bonds. The Morgan fingerprint density at radius 1 is 1.11 bits per heavy atom. The fourth-order valence-electron chi connectivity index (χ4n) is 2.33. The number of hydrogen-bond donors (Lipinski definition) is 1. The molecule has 0 aliphatic carbocycles. The van der Waals surface area contributed by atoms with Gasteiger partial charge in [0.15, 0.2) is 5.96 Å². The highest BCUT2D eigenvalue weighted by molar-refractivity contribution is 6.30. The number of halogens is 1. The van der Waals surface area contributed by atoms with Crippen molar-refractivity contribution in [3.05, 3.63) is 53.2 Å². The number of likely N-dealkylation sites (N-methyl/N-ethyl adjacent to an activating group) is 1. The predicted octanol–water partition coefficient (Wildman–Crippen LogP) is 2.85. The minimum Gasteiger partial charge on any atom is -0.492 e. The van der Waals surface area contributed by atoms with Crippen molar-refractivity contribution in [3.63, 3.8) is 0 Å². The second-order valence-electron chi connectivity index (χ2n) is 5.97. The summed E-state index contributed by atoms with van der Waals surface area (Å²) < 4.78 is 16.1. The molecular weight excluding hydrogens is 380 g/mol. The van der Waals surface area contributed by atoms with Crippen molar-refractivity contribution in [1.29, 1.82) is 0 Å². The number of pyridine rings is 1. The molecule has 0 radical (unpaired) electrons. The van der Waals surface area contributed by atoms with Crippen LogP contribution in [0.5, 0.6) is 11.6 Å². The van der Waals surface area contributed by atoms with Gasteiger partial charge in [0.05, 0.1) is 13.2 Å². The Labute approximate surface area is 171 Å². The molecule has 0 aliphatic rings. The van der Waals surface area contributed by atoms with Crippen LogP contribution in [-0.2, 0) is 11.3 Å². The molecule has 2 aromatic rings. The predicted molar refractivity (Wildman–Crippen MR) is 111 cm³/mol. The van der Waals surface area contributed by atoms with Crippen molar-refractivity contribution in [1.82, 2.24) is 15.2 Å². The molecule has 7 nitrogen and oxygen atoms in total. The van der Waals surface area contributed by atoms with Gasteiger partial charge in [0, 0.05) is 45.0 Å². The zero-order chi connectivity index (χ0) is 20.2. The normalized spacial score (nSPS) is 11.2. The molecule has 152 valence electrons. The van der Waals surface area contributed by atoms with E-state index < -0.39 is 0 Å². The number of benzene rings is 1. The molecule has 0 aliphatic heterocycles. The molecule has 1 heterocycles. The Balaban J connectivity index is 1.74. The highest BCUT2D eigenvalue weighted by Crippen LogP contribution is 2.15. The van der Waals surface area contributed by atoms with Crippen LogP contribution in [0.25, 0.3) is 0 Å². The van der Waals surface area contributed by atoms with Gasteiger partial charge in [-0.2, -0.15) is 0 Å². The topological polar surface area (TPSA) is 68.2 Å². The molecule has 0 unspecified atom stereocenters. The maximum atomic E-state index is 5.87. The third kappa shape index (κ3) is 7.62. The van der Waals surface area contributed by atoms with E-state index in [0.29, 0.717) is 43.8 Å². The first-order valence-electron chi connectivity index (χ1n) is 8.99. The van der Waals surface area contributed by atoms with E-state index in [1.165, 1.54) is 0 Å². The van der Waals surface area contributed by atoms with Crippen molar-refractivity contribution < 1.29 is 14.2 Å². The Hall–Kier alpha value is -2.51. The Kier molecular flexibility index (Phi) is 9.37. The number of methoxy groups -OCH3 is 1. The van der Waals surface area contributed by atoms with Crippen LogP contribution in [0.15, 0.2) is 47.6 Å². The molecule has 0 saturated heterocycles. The zero-order valence-electron chi connectivity index (χ0n) is 16.5. The maximum Gasteiger partial charge on any atom is 0.213 e. The summed E-state index contributed by atoms with van der Waals surface area (Å²) >= 11 is 5.87. The number of nitrogens with one attached hydrogen (secondary N) is 1. The fraction of sp³-hybridized carbons (Fsp3) is 0.400. The third-order valence-electron chi connectivity index (χ3n) is 3.87. The van der Waals surface area contributed by atoms with Crippen LogP contribution in [0.2, 0.25) is 5.02 Å². The summed E-state index contributed by atoms with van der Waals surface area (Å²) in [6, 6.07) is 11.1. The molecule has 1 N–H and O–H groups in total. The summed E-state index contributed by atoms with van der Waals surface area (Å²) in [4.78, 5) is 10.6. The van der Waals surface area contributed by atoms with Crippen LogP contribution >= 0.6 is 11.6 Å². The molecule has 0 saturated carbocycles. The lowest BCUT2D eigenvalue weighted by Crippen LogP contribution is -2.40. The van der Waals surface area contributed by atoms with E-state index in [4.69, 9.17) is 25.8 Å². The minimum absolute atomic E-state index is 0.483. The molecule has 2 rings (SSSR count). The van der Waals surface area contributed by atoms with Crippen molar-refractivity contribution in [2.45, 2.75) is 6.54 Å². The molecule has 8 heteroatoms. The van der Waals surface area contributed by atoms with Gasteiger partial charge in [0.2, 0.25) is 5.88 Å². The van der Waals surface area contributed by atoms with Gasteiger partial charge < -0.3 is 24.4 Å². The SMILES string of the molecule is CN=C(NCc1ccc(OCCOC)nc1)N(C)CCOc1ccc(Cl)cc1.